The molecule has 1 fully saturated rings. The van der Waals surface area contributed by atoms with Gasteiger partial charge < -0.3 is 9.84 Å². The normalized spacial score (nSPS) is 14.9. The number of nitrogens with one attached hydrogen (secondary N) is 2. The molecule has 29 heavy (non-hydrogen) atoms. The predicted octanol–water partition coefficient (Wildman–Crippen LogP) is 1.46. The zero-order valence-electron chi connectivity index (χ0n) is 15.4. The minimum atomic E-state index is -3.74. The average molecular weight is 421 g/mol. The van der Waals surface area contributed by atoms with E-state index < -0.39 is 21.7 Å². The second-order valence-electron chi connectivity index (χ2n) is 6.26. The monoisotopic (exact) mass is 421 g/mol. The van der Waals surface area contributed by atoms with Crippen molar-refractivity contribution < 1.29 is 27.4 Å². The average Bonchev–Trinajstić information content (AvgIpc) is 2.74. The van der Waals surface area contributed by atoms with Gasteiger partial charge in [0.2, 0.25) is 10.0 Å². The molecular formula is C19H20FN3O5S. The van der Waals surface area contributed by atoms with Gasteiger partial charge in [0.05, 0.1) is 23.8 Å². The number of carbonyl (C=O) groups excluding carboxylic acids is 1. The number of benzene rings is 2. The maximum Gasteiger partial charge on any atom is 0.269 e. The standard InChI is InChI=1S/C19H20FN3O5S/c1-13(17-12-15(20)5-6-18(17)24)21-22-19(25)14-3-2-4-16(11-14)29(26,27)23-7-9-28-10-8-23/h2-6,11-12,21,24H,1,7-10H2,(H,22,25). The predicted molar refractivity (Wildman–Crippen MR) is 104 cm³/mol. The molecule has 0 aliphatic carbocycles. The van der Waals surface area contributed by atoms with Crippen LogP contribution < -0.4 is 10.9 Å². The SMILES string of the molecule is C=C(NNC(=O)c1cccc(S(=O)(=O)N2CCOCC2)c1)c1cc(F)ccc1O. The molecule has 3 rings (SSSR count). The van der Waals surface area contributed by atoms with E-state index in [1.807, 2.05) is 0 Å². The lowest BCUT2D eigenvalue weighted by molar-refractivity contribution is 0.0730. The fraction of sp³-hybridized carbons (Fsp3) is 0.211. The number of rotatable bonds is 6. The third kappa shape index (κ3) is 4.73. The molecule has 1 heterocycles. The molecule has 0 spiro atoms. The van der Waals surface area contributed by atoms with Crippen molar-refractivity contribution in [2.75, 3.05) is 26.3 Å². The Bertz CT molecular complexity index is 1040. The van der Waals surface area contributed by atoms with E-state index in [0.717, 1.165) is 12.1 Å². The first-order valence-electron chi connectivity index (χ1n) is 8.71. The van der Waals surface area contributed by atoms with Gasteiger partial charge in [0.1, 0.15) is 11.6 Å². The van der Waals surface area contributed by atoms with E-state index >= 15 is 0 Å². The summed E-state index contributed by atoms with van der Waals surface area (Å²) in [4.78, 5) is 12.4. The molecule has 0 aromatic heterocycles. The summed E-state index contributed by atoms with van der Waals surface area (Å²) in [5, 5.41) is 9.78. The van der Waals surface area contributed by atoms with Gasteiger partial charge >= 0.3 is 0 Å². The smallest absolute Gasteiger partial charge is 0.269 e. The van der Waals surface area contributed by atoms with Gasteiger partial charge in [-0.2, -0.15) is 4.31 Å². The van der Waals surface area contributed by atoms with Crippen LogP contribution in [0.2, 0.25) is 0 Å². The molecule has 0 atom stereocenters. The molecule has 0 bridgehead atoms. The van der Waals surface area contributed by atoms with E-state index in [-0.39, 0.29) is 40.6 Å². The van der Waals surface area contributed by atoms with Crippen LogP contribution in [0, 0.1) is 5.82 Å². The molecule has 154 valence electrons. The van der Waals surface area contributed by atoms with Crippen LogP contribution >= 0.6 is 0 Å². The number of hydrogen-bond acceptors (Lipinski definition) is 6. The first-order chi connectivity index (χ1) is 13.8. The molecule has 1 amide bonds. The van der Waals surface area contributed by atoms with Crippen LogP contribution in [0.1, 0.15) is 15.9 Å². The summed E-state index contributed by atoms with van der Waals surface area (Å²) in [5.41, 5.74) is 5.08. The van der Waals surface area contributed by atoms with Gasteiger partial charge in [-0.25, -0.2) is 12.8 Å². The Morgan fingerprint density at radius 3 is 2.59 bits per heavy atom. The zero-order valence-corrected chi connectivity index (χ0v) is 16.2. The Hall–Kier alpha value is -2.95. The number of carbonyl (C=O) groups is 1. The third-order valence-electron chi connectivity index (χ3n) is 4.31. The number of hydrogen-bond donors (Lipinski definition) is 3. The van der Waals surface area contributed by atoms with Gasteiger partial charge in [-0.3, -0.25) is 15.6 Å². The Kier molecular flexibility index (Phi) is 6.16. The highest BCUT2D eigenvalue weighted by molar-refractivity contribution is 7.89. The summed E-state index contributed by atoms with van der Waals surface area (Å²) in [6, 6.07) is 8.92. The highest BCUT2D eigenvalue weighted by Crippen LogP contribution is 2.23. The molecule has 3 N–H and O–H groups in total. The molecule has 8 nitrogen and oxygen atoms in total. The number of aromatic hydroxyl groups is 1. The zero-order chi connectivity index (χ0) is 21.0. The van der Waals surface area contributed by atoms with Crippen LogP contribution in [0.15, 0.2) is 53.9 Å². The van der Waals surface area contributed by atoms with E-state index in [4.69, 9.17) is 4.74 Å². The molecule has 0 saturated carbocycles. The van der Waals surface area contributed by atoms with Gasteiger partial charge in [0.15, 0.2) is 0 Å². The number of ether oxygens (including phenoxy) is 1. The van der Waals surface area contributed by atoms with Crippen molar-refractivity contribution in [3.8, 4) is 5.75 Å². The minimum absolute atomic E-state index is 0.00588. The Balaban J connectivity index is 1.71. The van der Waals surface area contributed by atoms with Crippen molar-refractivity contribution in [1.29, 1.82) is 0 Å². The van der Waals surface area contributed by atoms with Crippen molar-refractivity contribution in [3.63, 3.8) is 0 Å². The van der Waals surface area contributed by atoms with E-state index in [0.29, 0.717) is 13.2 Å². The number of phenols is 1. The van der Waals surface area contributed by atoms with E-state index in [9.17, 15) is 22.7 Å². The fourth-order valence-electron chi connectivity index (χ4n) is 2.76. The summed E-state index contributed by atoms with van der Waals surface area (Å²) in [7, 11) is -3.74. The van der Waals surface area contributed by atoms with Gasteiger partial charge in [-0.05, 0) is 36.4 Å². The van der Waals surface area contributed by atoms with Crippen LogP contribution in [0.5, 0.6) is 5.75 Å². The summed E-state index contributed by atoms with van der Waals surface area (Å²) >= 11 is 0. The molecule has 1 aliphatic heterocycles. The van der Waals surface area contributed by atoms with Gasteiger partial charge in [0.25, 0.3) is 5.91 Å². The van der Waals surface area contributed by atoms with Crippen molar-refractivity contribution in [2.45, 2.75) is 4.90 Å². The Morgan fingerprint density at radius 1 is 1.14 bits per heavy atom. The summed E-state index contributed by atoms with van der Waals surface area (Å²) < 4.78 is 45.3. The summed E-state index contributed by atoms with van der Waals surface area (Å²) in [6.45, 7) is 4.77. The number of phenolic OH excluding ortho intramolecular Hbond substituents is 1. The summed E-state index contributed by atoms with van der Waals surface area (Å²) in [6.07, 6.45) is 0. The molecule has 1 aliphatic rings. The van der Waals surface area contributed by atoms with Gasteiger partial charge in [-0.15, -0.1) is 0 Å². The minimum Gasteiger partial charge on any atom is -0.507 e. The maximum atomic E-state index is 13.3. The van der Waals surface area contributed by atoms with Crippen molar-refractivity contribution in [1.82, 2.24) is 15.2 Å². The topological polar surface area (TPSA) is 108 Å². The highest BCUT2D eigenvalue weighted by Gasteiger charge is 2.26. The molecule has 0 unspecified atom stereocenters. The number of halogens is 1. The molecule has 10 heteroatoms. The third-order valence-corrected chi connectivity index (χ3v) is 6.21. The quantitative estimate of drug-likeness (QED) is 0.610. The molecule has 0 radical (unpaired) electrons. The van der Waals surface area contributed by atoms with Gasteiger partial charge in [-0.1, -0.05) is 12.6 Å². The fourth-order valence-corrected chi connectivity index (χ4v) is 4.21. The first kappa shape index (κ1) is 20.8. The van der Waals surface area contributed by atoms with Crippen LogP contribution in [0.25, 0.3) is 5.70 Å². The lowest BCUT2D eigenvalue weighted by Crippen LogP contribution is -2.40. The number of amides is 1. The van der Waals surface area contributed by atoms with E-state index in [1.54, 1.807) is 0 Å². The lowest BCUT2D eigenvalue weighted by Gasteiger charge is -2.26. The largest absolute Gasteiger partial charge is 0.507 e. The number of nitrogens with zero attached hydrogens (tertiary/aromatic N) is 1. The number of morpholine rings is 1. The van der Waals surface area contributed by atoms with Crippen LogP contribution in [0.4, 0.5) is 4.39 Å². The second-order valence-corrected chi connectivity index (χ2v) is 8.20. The summed E-state index contributed by atoms with van der Waals surface area (Å²) in [5.74, 6) is -1.41. The Morgan fingerprint density at radius 2 is 1.86 bits per heavy atom. The van der Waals surface area contributed by atoms with Gasteiger partial charge in [0, 0.05) is 24.2 Å². The van der Waals surface area contributed by atoms with Crippen LogP contribution in [-0.2, 0) is 14.8 Å². The Labute approximate surface area is 167 Å². The maximum absolute atomic E-state index is 13.3. The van der Waals surface area contributed by atoms with E-state index in [2.05, 4.69) is 17.4 Å². The lowest BCUT2D eigenvalue weighted by atomic mass is 10.1. The first-order valence-corrected chi connectivity index (χ1v) is 10.1. The molecular weight excluding hydrogens is 401 g/mol. The van der Waals surface area contributed by atoms with Crippen molar-refractivity contribution in [3.05, 3.63) is 66.0 Å². The van der Waals surface area contributed by atoms with E-state index in [1.165, 1.54) is 34.6 Å². The number of hydrazine groups is 1. The molecule has 1 saturated heterocycles. The number of sulfonamides is 1. The van der Waals surface area contributed by atoms with Crippen LogP contribution in [-0.4, -0.2) is 50.0 Å². The van der Waals surface area contributed by atoms with Crippen LogP contribution in [0.3, 0.4) is 0 Å². The van der Waals surface area contributed by atoms with Crippen molar-refractivity contribution >= 4 is 21.6 Å². The highest BCUT2D eigenvalue weighted by atomic mass is 32.2. The van der Waals surface area contributed by atoms with Crippen molar-refractivity contribution in [2.24, 2.45) is 0 Å². The molecule has 2 aromatic carbocycles. The molecule has 2 aromatic rings. The second kappa shape index (κ2) is 8.60.